The molecule has 6 nitrogen and oxygen atoms in total. The lowest BCUT2D eigenvalue weighted by Crippen LogP contribution is -2.32. The lowest BCUT2D eigenvalue weighted by molar-refractivity contribution is -0.118. The molecule has 4 rings (SSSR count). The van der Waals surface area contributed by atoms with E-state index in [0.29, 0.717) is 11.1 Å². The number of carbonyl (C=O) groups is 1. The number of phenols is 1. The lowest BCUT2D eigenvalue weighted by Gasteiger charge is -2.15. The van der Waals surface area contributed by atoms with Gasteiger partial charge < -0.3 is 10.4 Å². The van der Waals surface area contributed by atoms with Gasteiger partial charge in [-0.2, -0.15) is 0 Å². The number of aromatic nitrogens is 2. The molecule has 3 aromatic rings. The van der Waals surface area contributed by atoms with Crippen molar-refractivity contribution in [2.45, 2.75) is 38.6 Å². The number of hydrogen-bond donors (Lipinski definition) is 2. The van der Waals surface area contributed by atoms with Gasteiger partial charge in [-0.3, -0.25) is 14.2 Å². The van der Waals surface area contributed by atoms with Gasteiger partial charge in [0.25, 0.3) is 5.56 Å². The van der Waals surface area contributed by atoms with Crippen LogP contribution in [-0.2, 0) is 17.6 Å². The average molecular weight is 369 g/mol. The van der Waals surface area contributed by atoms with Gasteiger partial charge in [0.05, 0.1) is 11.7 Å². The van der Waals surface area contributed by atoms with Gasteiger partial charge in [0.1, 0.15) is 16.6 Å². The number of rotatable bonds is 3. The van der Waals surface area contributed by atoms with Crippen molar-refractivity contribution >= 4 is 33.1 Å². The maximum atomic E-state index is 13.0. The summed E-state index contributed by atoms with van der Waals surface area (Å²) >= 11 is 1.60. The Kier molecular flexibility index (Phi) is 4.24. The van der Waals surface area contributed by atoms with Crippen molar-refractivity contribution in [1.82, 2.24) is 9.55 Å². The summed E-state index contributed by atoms with van der Waals surface area (Å²) < 4.78 is 1.40. The quantitative estimate of drug-likeness (QED) is 0.694. The van der Waals surface area contributed by atoms with Crippen LogP contribution in [-0.4, -0.2) is 20.6 Å². The summed E-state index contributed by atoms with van der Waals surface area (Å²) in [5.41, 5.74) is 1.53. The van der Waals surface area contributed by atoms with Gasteiger partial charge in [-0.15, -0.1) is 11.3 Å². The molecule has 0 fully saturated rings. The molecular formula is C19H19N3O3S. The van der Waals surface area contributed by atoms with Crippen LogP contribution in [0.5, 0.6) is 5.75 Å². The Hall–Kier alpha value is -2.67. The van der Waals surface area contributed by atoms with E-state index in [1.165, 1.54) is 27.9 Å². The van der Waals surface area contributed by atoms with Crippen LogP contribution in [0, 0.1) is 0 Å². The Labute approximate surface area is 154 Å². The normalized spacial score (nSPS) is 14.8. The minimum atomic E-state index is -0.688. The molecule has 0 radical (unpaired) electrons. The van der Waals surface area contributed by atoms with Gasteiger partial charge in [0, 0.05) is 10.6 Å². The predicted molar refractivity (Wildman–Crippen MR) is 102 cm³/mol. The fourth-order valence-corrected chi connectivity index (χ4v) is 4.57. The monoisotopic (exact) mass is 369 g/mol. The van der Waals surface area contributed by atoms with E-state index < -0.39 is 6.04 Å². The van der Waals surface area contributed by atoms with Gasteiger partial charge in [-0.25, -0.2) is 4.98 Å². The molecule has 26 heavy (non-hydrogen) atoms. The molecule has 1 aliphatic rings. The third kappa shape index (κ3) is 2.88. The smallest absolute Gasteiger partial charge is 0.263 e. The predicted octanol–water partition coefficient (Wildman–Crippen LogP) is 3.24. The van der Waals surface area contributed by atoms with Crippen LogP contribution in [0.3, 0.4) is 0 Å². The minimum Gasteiger partial charge on any atom is -0.508 e. The number of aromatic hydroxyl groups is 1. The summed E-state index contributed by atoms with van der Waals surface area (Å²) in [5.74, 6) is -0.174. The largest absolute Gasteiger partial charge is 0.508 e. The highest BCUT2D eigenvalue weighted by molar-refractivity contribution is 7.18. The summed E-state index contributed by atoms with van der Waals surface area (Å²) in [5, 5.41) is 12.8. The van der Waals surface area contributed by atoms with Crippen LogP contribution >= 0.6 is 11.3 Å². The van der Waals surface area contributed by atoms with E-state index in [1.54, 1.807) is 30.4 Å². The van der Waals surface area contributed by atoms with Gasteiger partial charge in [0.15, 0.2) is 0 Å². The molecule has 1 aromatic carbocycles. The first-order valence-electron chi connectivity index (χ1n) is 8.66. The van der Waals surface area contributed by atoms with E-state index in [9.17, 15) is 14.7 Å². The Morgan fingerprint density at radius 2 is 2.00 bits per heavy atom. The molecule has 0 bridgehead atoms. The number of carbonyl (C=O) groups excluding carboxylic acids is 1. The zero-order valence-electron chi connectivity index (χ0n) is 14.4. The fourth-order valence-electron chi connectivity index (χ4n) is 3.35. The third-order valence-electron chi connectivity index (χ3n) is 4.83. The molecular weight excluding hydrogens is 350 g/mol. The molecule has 0 aliphatic heterocycles. The van der Waals surface area contributed by atoms with Crippen LogP contribution in [0.1, 0.15) is 36.2 Å². The van der Waals surface area contributed by atoms with Crippen molar-refractivity contribution in [2.75, 3.05) is 5.32 Å². The number of nitrogens with one attached hydrogen (secondary N) is 1. The molecule has 1 atom stereocenters. The highest BCUT2D eigenvalue weighted by atomic mass is 32.1. The first kappa shape index (κ1) is 16.8. The summed E-state index contributed by atoms with van der Waals surface area (Å²) in [6, 6.07) is 5.53. The molecule has 0 saturated heterocycles. The number of hydrogen-bond acceptors (Lipinski definition) is 5. The van der Waals surface area contributed by atoms with Crippen LogP contribution < -0.4 is 10.9 Å². The van der Waals surface area contributed by atoms with E-state index in [2.05, 4.69) is 10.3 Å². The van der Waals surface area contributed by atoms with Crippen molar-refractivity contribution < 1.29 is 9.90 Å². The van der Waals surface area contributed by atoms with Gasteiger partial charge in [-0.05, 0) is 62.4 Å². The van der Waals surface area contributed by atoms with E-state index in [1.807, 2.05) is 0 Å². The molecule has 7 heteroatoms. The van der Waals surface area contributed by atoms with Crippen molar-refractivity contribution in [3.8, 4) is 5.75 Å². The second kappa shape index (κ2) is 6.57. The number of nitrogens with zero attached hydrogens (tertiary/aromatic N) is 2. The van der Waals surface area contributed by atoms with Crippen molar-refractivity contribution in [3.63, 3.8) is 0 Å². The number of thiophene rings is 1. The van der Waals surface area contributed by atoms with Gasteiger partial charge in [0.2, 0.25) is 5.91 Å². The molecule has 2 heterocycles. The van der Waals surface area contributed by atoms with Crippen LogP contribution in [0.4, 0.5) is 5.69 Å². The third-order valence-corrected chi connectivity index (χ3v) is 6.03. The minimum absolute atomic E-state index is 0.129. The zero-order valence-corrected chi connectivity index (χ0v) is 15.2. The number of fused-ring (bicyclic) bond motifs is 3. The second-order valence-electron chi connectivity index (χ2n) is 6.56. The summed E-state index contributed by atoms with van der Waals surface area (Å²) in [6.45, 7) is 1.68. The Bertz CT molecular complexity index is 1040. The number of phenolic OH excluding ortho intramolecular Hbond substituents is 1. The fraction of sp³-hybridized carbons (Fsp3) is 0.316. The van der Waals surface area contributed by atoms with E-state index in [4.69, 9.17) is 0 Å². The van der Waals surface area contributed by atoms with Gasteiger partial charge in [-0.1, -0.05) is 0 Å². The molecule has 2 aromatic heterocycles. The standard InChI is InChI=1S/C19H19N3O3S/c1-11(17(24)21-12-6-8-13(23)9-7-12)22-10-20-18-16(19(22)25)14-4-2-3-5-15(14)26-18/h6-11,23H,2-5H2,1H3,(H,21,24). The Morgan fingerprint density at radius 1 is 1.27 bits per heavy atom. The first-order valence-corrected chi connectivity index (χ1v) is 9.47. The highest BCUT2D eigenvalue weighted by Crippen LogP contribution is 2.33. The number of anilines is 1. The maximum Gasteiger partial charge on any atom is 0.263 e. The SMILES string of the molecule is CC(C(=O)Nc1ccc(O)cc1)n1cnc2sc3c(c2c1=O)CCCC3. The summed E-state index contributed by atoms with van der Waals surface area (Å²) in [6.07, 6.45) is 5.62. The highest BCUT2D eigenvalue weighted by Gasteiger charge is 2.23. The van der Waals surface area contributed by atoms with E-state index in [-0.39, 0.29) is 17.2 Å². The van der Waals surface area contributed by atoms with Crippen molar-refractivity contribution in [1.29, 1.82) is 0 Å². The topological polar surface area (TPSA) is 84.2 Å². The first-order chi connectivity index (χ1) is 12.5. The van der Waals surface area contributed by atoms with Crippen molar-refractivity contribution in [3.05, 3.63) is 51.4 Å². The second-order valence-corrected chi connectivity index (χ2v) is 7.64. The molecule has 1 amide bonds. The van der Waals surface area contributed by atoms with E-state index >= 15 is 0 Å². The molecule has 1 unspecified atom stereocenters. The zero-order chi connectivity index (χ0) is 18.3. The number of amides is 1. The Morgan fingerprint density at radius 3 is 2.77 bits per heavy atom. The summed E-state index contributed by atoms with van der Waals surface area (Å²) in [7, 11) is 0. The van der Waals surface area contributed by atoms with Crippen molar-refractivity contribution in [2.24, 2.45) is 0 Å². The maximum absolute atomic E-state index is 13.0. The number of aryl methyl sites for hydroxylation is 2. The molecule has 134 valence electrons. The van der Waals surface area contributed by atoms with E-state index in [0.717, 1.165) is 36.1 Å². The van der Waals surface area contributed by atoms with Gasteiger partial charge >= 0.3 is 0 Å². The lowest BCUT2D eigenvalue weighted by atomic mass is 9.97. The molecule has 0 saturated carbocycles. The molecule has 2 N–H and O–H groups in total. The average Bonchev–Trinajstić information content (AvgIpc) is 3.02. The number of benzene rings is 1. The Balaban J connectivity index is 1.67. The van der Waals surface area contributed by atoms with Crippen LogP contribution in [0.25, 0.3) is 10.2 Å². The summed E-state index contributed by atoms with van der Waals surface area (Å²) in [4.78, 5) is 32.0. The van der Waals surface area contributed by atoms with Crippen LogP contribution in [0.2, 0.25) is 0 Å². The molecule has 1 aliphatic carbocycles. The van der Waals surface area contributed by atoms with Crippen LogP contribution in [0.15, 0.2) is 35.4 Å². The molecule has 0 spiro atoms.